The van der Waals surface area contributed by atoms with Gasteiger partial charge in [0.05, 0.1) is 0 Å². The first-order valence-corrected chi connectivity index (χ1v) is 7.02. The molecule has 0 saturated heterocycles. The average Bonchev–Trinajstić information content (AvgIpc) is 2.70. The molecular formula is C15H24BNO3. The van der Waals surface area contributed by atoms with Crippen LogP contribution in [0.25, 0.3) is 0 Å². The molecule has 1 aromatic carbocycles. The van der Waals surface area contributed by atoms with E-state index in [1.54, 1.807) is 0 Å². The second kappa shape index (κ2) is 5.66. The number of nitrogens with zero attached hydrogens (tertiary/aromatic N) is 1. The molecule has 0 atom stereocenters. The zero-order valence-electron chi connectivity index (χ0n) is 13.3. The predicted octanol–water partition coefficient (Wildman–Crippen LogP) is 2.63. The van der Waals surface area contributed by atoms with Crippen LogP contribution in [-0.2, 0) is 10.1 Å². The topological polar surface area (TPSA) is 30.9 Å². The second-order valence-corrected chi connectivity index (χ2v) is 6.57. The maximum atomic E-state index is 5.74. The van der Waals surface area contributed by atoms with Crippen LogP contribution in [0.2, 0.25) is 0 Å². The van der Waals surface area contributed by atoms with Gasteiger partial charge in [0.1, 0.15) is 11.5 Å². The van der Waals surface area contributed by atoms with E-state index in [0.29, 0.717) is 6.61 Å². The highest BCUT2D eigenvalue weighted by Gasteiger charge is 2.37. The lowest BCUT2D eigenvalue weighted by molar-refractivity contribution is 0.197. The molecule has 1 heterocycles. The zero-order chi connectivity index (χ0) is 14.9. The van der Waals surface area contributed by atoms with Crippen LogP contribution < -0.4 is 9.31 Å². The van der Waals surface area contributed by atoms with Gasteiger partial charge in [-0.25, -0.2) is 0 Å². The molecule has 0 amide bonds. The lowest BCUT2D eigenvalue weighted by Crippen LogP contribution is -2.32. The van der Waals surface area contributed by atoms with E-state index in [9.17, 15) is 0 Å². The highest BCUT2D eigenvalue weighted by Crippen LogP contribution is 2.40. The number of hydrogen-bond donors (Lipinski definition) is 0. The summed E-state index contributed by atoms with van der Waals surface area (Å²) in [7, 11) is 3.39. The molecule has 1 aromatic rings. The van der Waals surface area contributed by atoms with Crippen LogP contribution in [0.1, 0.15) is 31.9 Å². The molecule has 110 valence electrons. The Morgan fingerprint density at radius 1 is 1.20 bits per heavy atom. The van der Waals surface area contributed by atoms with Crippen molar-refractivity contribution >= 4 is 7.32 Å². The van der Waals surface area contributed by atoms with Gasteiger partial charge < -0.3 is 18.9 Å². The van der Waals surface area contributed by atoms with Crippen LogP contribution in [0.15, 0.2) is 12.1 Å². The molecule has 0 bridgehead atoms. The van der Waals surface area contributed by atoms with Gasteiger partial charge in [0.15, 0.2) is 0 Å². The number of hydrogen-bond acceptors (Lipinski definition) is 4. The molecule has 0 aliphatic carbocycles. The van der Waals surface area contributed by atoms with Gasteiger partial charge in [0.2, 0.25) is 0 Å². The fraction of sp³-hybridized carbons (Fsp3) is 0.600. The quantitative estimate of drug-likeness (QED) is 0.792. The third-order valence-corrected chi connectivity index (χ3v) is 3.34. The summed E-state index contributed by atoms with van der Waals surface area (Å²) in [5.41, 5.74) is 2.42. The minimum Gasteiger partial charge on any atom is -0.498 e. The fourth-order valence-electron chi connectivity index (χ4n) is 2.04. The molecule has 0 radical (unpaired) electrons. The minimum absolute atomic E-state index is 0.0903. The van der Waals surface area contributed by atoms with E-state index in [2.05, 4.69) is 37.8 Å². The first-order chi connectivity index (χ1) is 9.27. The Bertz CT molecular complexity index is 483. The molecule has 5 heteroatoms. The molecule has 0 saturated carbocycles. The Kier molecular flexibility index (Phi) is 4.30. The van der Waals surface area contributed by atoms with Gasteiger partial charge in [0.25, 0.3) is 0 Å². The number of rotatable bonds is 4. The molecular weight excluding hydrogens is 253 g/mol. The maximum Gasteiger partial charge on any atom is 0.788 e. The summed E-state index contributed by atoms with van der Waals surface area (Å²) >= 11 is 0. The minimum atomic E-state index is -0.626. The van der Waals surface area contributed by atoms with Crippen molar-refractivity contribution in [3.05, 3.63) is 23.3 Å². The van der Waals surface area contributed by atoms with Gasteiger partial charge in [-0.15, -0.1) is 0 Å². The van der Waals surface area contributed by atoms with Gasteiger partial charge in [-0.05, 0) is 43.6 Å². The maximum absolute atomic E-state index is 5.74. The Balaban J connectivity index is 2.06. The van der Waals surface area contributed by atoms with Gasteiger partial charge in [0, 0.05) is 13.2 Å². The molecule has 4 nitrogen and oxygen atoms in total. The number of aryl methyl sites for hydroxylation is 1. The lowest BCUT2D eigenvalue weighted by atomic mass is 9.86. The third kappa shape index (κ3) is 3.47. The molecule has 0 N–H and O–H groups in total. The molecule has 0 spiro atoms. The fourth-order valence-corrected chi connectivity index (χ4v) is 2.04. The summed E-state index contributed by atoms with van der Waals surface area (Å²) in [4.78, 5) is 2.06. The zero-order valence-corrected chi connectivity index (χ0v) is 13.3. The third-order valence-electron chi connectivity index (χ3n) is 3.34. The van der Waals surface area contributed by atoms with E-state index in [1.165, 1.54) is 5.56 Å². The van der Waals surface area contributed by atoms with Gasteiger partial charge >= 0.3 is 7.32 Å². The van der Waals surface area contributed by atoms with E-state index < -0.39 is 7.32 Å². The van der Waals surface area contributed by atoms with Crippen LogP contribution >= 0.6 is 0 Å². The SMILES string of the molecule is Cc1cc(C(C)(C)C)cc2c1OB(OCCN(C)C)O2. The molecule has 1 aliphatic rings. The average molecular weight is 277 g/mol. The van der Waals surface area contributed by atoms with Crippen molar-refractivity contribution in [1.82, 2.24) is 4.90 Å². The molecule has 20 heavy (non-hydrogen) atoms. The number of likely N-dealkylation sites (N-methyl/N-ethyl adjacent to an activating group) is 1. The normalized spacial score (nSPS) is 14.2. The van der Waals surface area contributed by atoms with Crippen LogP contribution in [0, 0.1) is 6.92 Å². The van der Waals surface area contributed by atoms with Crippen molar-refractivity contribution < 1.29 is 14.0 Å². The summed E-state index contributed by atoms with van der Waals surface area (Å²) in [6.45, 7) is 10.0. The smallest absolute Gasteiger partial charge is 0.498 e. The van der Waals surface area contributed by atoms with Gasteiger partial charge in [-0.3, -0.25) is 0 Å². The van der Waals surface area contributed by atoms with Crippen molar-refractivity contribution in [2.75, 3.05) is 27.2 Å². The first kappa shape index (κ1) is 15.2. The second-order valence-electron chi connectivity index (χ2n) is 6.57. The first-order valence-electron chi connectivity index (χ1n) is 7.02. The Morgan fingerprint density at radius 3 is 2.50 bits per heavy atom. The Morgan fingerprint density at radius 2 is 1.90 bits per heavy atom. The van der Waals surface area contributed by atoms with Crippen molar-refractivity contribution in [2.24, 2.45) is 0 Å². The molecule has 0 fully saturated rings. The highest BCUT2D eigenvalue weighted by atomic mass is 16.8. The van der Waals surface area contributed by atoms with Gasteiger partial charge in [-0.2, -0.15) is 0 Å². The van der Waals surface area contributed by atoms with Crippen LogP contribution in [-0.4, -0.2) is 39.5 Å². The number of benzene rings is 1. The Labute approximate surface area is 122 Å². The predicted molar refractivity (Wildman–Crippen MR) is 81.4 cm³/mol. The van der Waals surface area contributed by atoms with Crippen LogP contribution in [0.4, 0.5) is 0 Å². The molecule has 2 rings (SSSR count). The standard InChI is InChI=1S/C15H24BNO3/c1-11-9-12(15(2,3)4)10-13-14(11)20-16(19-13)18-8-7-17(5)6/h9-10H,7-8H2,1-6H3. The van der Waals surface area contributed by atoms with E-state index in [-0.39, 0.29) is 5.41 Å². The molecule has 1 aliphatic heterocycles. The van der Waals surface area contributed by atoms with E-state index in [0.717, 1.165) is 23.6 Å². The van der Waals surface area contributed by atoms with Crippen molar-refractivity contribution in [1.29, 1.82) is 0 Å². The Hall–Kier alpha value is -1.20. The summed E-state index contributed by atoms with van der Waals surface area (Å²) in [5.74, 6) is 1.58. The lowest BCUT2D eigenvalue weighted by Gasteiger charge is -2.20. The summed E-state index contributed by atoms with van der Waals surface area (Å²) in [6.07, 6.45) is 0. The highest BCUT2D eigenvalue weighted by molar-refractivity contribution is 6.40. The van der Waals surface area contributed by atoms with Crippen LogP contribution in [0.5, 0.6) is 11.5 Å². The van der Waals surface area contributed by atoms with Gasteiger partial charge in [-0.1, -0.05) is 26.8 Å². The summed E-state index contributed by atoms with van der Waals surface area (Å²) in [6, 6.07) is 4.21. The monoisotopic (exact) mass is 277 g/mol. The summed E-state index contributed by atoms with van der Waals surface area (Å²) in [5, 5.41) is 0. The van der Waals surface area contributed by atoms with E-state index >= 15 is 0 Å². The van der Waals surface area contributed by atoms with Crippen LogP contribution in [0.3, 0.4) is 0 Å². The number of fused-ring (bicyclic) bond motifs is 1. The molecule has 0 aromatic heterocycles. The van der Waals surface area contributed by atoms with Crippen molar-refractivity contribution in [2.45, 2.75) is 33.1 Å². The van der Waals surface area contributed by atoms with E-state index in [4.69, 9.17) is 14.0 Å². The van der Waals surface area contributed by atoms with E-state index in [1.807, 2.05) is 21.0 Å². The largest absolute Gasteiger partial charge is 0.788 e. The summed E-state index contributed by atoms with van der Waals surface area (Å²) < 4.78 is 17.1. The van der Waals surface area contributed by atoms with Crippen molar-refractivity contribution in [3.8, 4) is 11.5 Å². The molecule has 0 unspecified atom stereocenters. The van der Waals surface area contributed by atoms with Crippen molar-refractivity contribution in [3.63, 3.8) is 0 Å².